The molecule has 0 radical (unpaired) electrons. The van der Waals surface area contributed by atoms with E-state index in [1.165, 1.54) is 13.0 Å². The molecule has 0 saturated carbocycles. The number of hydrogen-bond donors (Lipinski definition) is 2. The van der Waals surface area contributed by atoms with Gasteiger partial charge < -0.3 is 14.8 Å². The molecular weight excluding hydrogens is 270 g/mol. The van der Waals surface area contributed by atoms with Gasteiger partial charge in [0, 0.05) is 19.0 Å². The Morgan fingerprint density at radius 2 is 1.90 bits per heavy atom. The van der Waals surface area contributed by atoms with Crippen LogP contribution in [0.5, 0.6) is 0 Å². The van der Waals surface area contributed by atoms with Gasteiger partial charge >= 0.3 is 5.97 Å². The molecular formula is C16H15NO4. The molecule has 0 aliphatic carbocycles. The number of rotatable bonds is 5. The monoisotopic (exact) mass is 285 g/mol. The van der Waals surface area contributed by atoms with Gasteiger partial charge in [-0.1, -0.05) is 36.4 Å². The zero-order valence-corrected chi connectivity index (χ0v) is 11.5. The first-order valence-corrected chi connectivity index (χ1v) is 6.41. The van der Waals surface area contributed by atoms with Crippen LogP contribution in [0.1, 0.15) is 23.0 Å². The summed E-state index contributed by atoms with van der Waals surface area (Å²) in [5.74, 6) is -0.716. The second-order valence-corrected chi connectivity index (χ2v) is 4.43. The lowest BCUT2D eigenvalue weighted by Gasteiger charge is -1.99. The van der Waals surface area contributed by atoms with E-state index in [0.29, 0.717) is 12.3 Å². The Kier molecular flexibility index (Phi) is 4.56. The van der Waals surface area contributed by atoms with Gasteiger partial charge in [0.1, 0.15) is 5.76 Å². The van der Waals surface area contributed by atoms with Crippen molar-refractivity contribution in [1.29, 1.82) is 0 Å². The normalized spacial score (nSPS) is 10.7. The van der Waals surface area contributed by atoms with Crippen LogP contribution in [0.25, 0.3) is 17.4 Å². The number of carboxylic acids is 1. The molecule has 0 atom stereocenters. The predicted octanol–water partition coefficient (Wildman–Crippen LogP) is 2.79. The fourth-order valence-electron chi connectivity index (χ4n) is 1.76. The summed E-state index contributed by atoms with van der Waals surface area (Å²) in [6.45, 7) is 1.95. The summed E-state index contributed by atoms with van der Waals surface area (Å²) in [5, 5.41) is 11.5. The third-order valence-corrected chi connectivity index (χ3v) is 2.79. The van der Waals surface area contributed by atoms with Crippen molar-refractivity contribution in [1.82, 2.24) is 5.32 Å². The second-order valence-electron chi connectivity index (χ2n) is 4.43. The fourth-order valence-corrected chi connectivity index (χ4v) is 1.76. The fraction of sp³-hybridized carbons (Fsp3) is 0.125. The van der Waals surface area contributed by atoms with Crippen LogP contribution in [0.2, 0.25) is 0 Å². The Hall–Kier alpha value is -2.82. The third kappa shape index (κ3) is 4.07. The van der Waals surface area contributed by atoms with Crippen LogP contribution in [0.4, 0.5) is 0 Å². The molecule has 1 heterocycles. The highest BCUT2D eigenvalue weighted by Gasteiger charge is 2.09. The van der Waals surface area contributed by atoms with Crippen LogP contribution in [0.15, 0.2) is 46.9 Å². The summed E-state index contributed by atoms with van der Waals surface area (Å²) in [6, 6.07) is 10.5. The van der Waals surface area contributed by atoms with Crippen molar-refractivity contribution in [2.45, 2.75) is 6.92 Å². The number of furan rings is 1. The van der Waals surface area contributed by atoms with Gasteiger partial charge in [-0.15, -0.1) is 0 Å². The van der Waals surface area contributed by atoms with Crippen molar-refractivity contribution in [3.05, 3.63) is 53.8 Å². The molecule has 1 amide bonds. The van der Waals surface area contributed by atoms with Crippen LogP contribution in [0.3, 0.4) is 0 Å². The summed E-state index contributed by atoms with van der Waals surface area (Å²) >= 11 is 0. The minimum absolute atomic E-state index is 0.0675. The van der Waals surface area contributed by atoms with Crippen molar-refractivity contribution < 1.29 is 19.1 Å². The maximum Gasteiger partial charge on any atom is 0.371 e. The minimum Gasteiger partial charge on any atom is -0.475 e. The molecule has 0 unspecified atom stereocenters. The first kappa shape index (κ1) is 14.6. The van der Waals surface area contributed by atoms with Crippen LogP contribution < -0.4 is 5.32 Å². The van der Waals surface area contributed by atoms with Crippen molar-refractivity contribution >= 4 is 18.0 Å². The smallest absolute Gasteiger partial charge is 0.371 e. The zero-order chi connectivity index (χ0) is 15.2. The van der Waals surface area contributed by atoms with Gasteiger partial charge in [-0.2, -0.15) is 0 Å². The van der Waals surface area contributed by atoms with Gasteiger partial charge in [0.15, 0.2) is 0 Å². The molecule has 0 aliphatic rings. The molecule has 21 heavy (non-hydrogen) atoms. The number of hydrogen-bond acceptors (Lipinski definition) is 3. The lowest BCUT2D eigenvalue weighted by Crippen LogP contribution is -2.19. The largest absolute Gasteiger partial charge is 0.475 e. The Labute approximate surface area is 121 Å². The number of carbonyl (C=O) groups excluding carboxylic acids is 1. The molecule has 1 aromatic heterocycles. The Bertz CT molecular complexity index is 668. The van der Waals surface area contributed by atoms with E-state index in [-0.39, 0.29) is 11.7 Å². The summed E-state index contributed by atoms with van der Waals surface area (Å²) in [5.41, 5.74) is 1.79. The maximum absolute atomic E-state index is 10.8. The van der Waals surface area contributed by atoms with Crippen LogP contribution >= 0.6 is 0 Å². The summed E-state index contributed by atoms with van der Waals surface area (Å²) < 4.78 is 5.23. The number of nitrogens with one attached hydrogen (secondary N) is 1. The average Bonchev–Trinajstić information content (AvgIpc) is 2.94. The highest BCUT2D eigenvalue weighted by molar-refractivity contribution is 5.85. The molecule has 5 nitrogen and oxygen atoms in total. The average molecular weight is 285 g/mol. The third-order valence-electron chi connectivity index (χ3n) is 2.79. The molecule has 108 valence electrons. The first-order valence-electron chi connectivity index (χ1n) is 6.41. The molecule has 0 aliphatic heterocycles. The van der Waals surface area contributed by atoms with E-state index in [1.807, 2.05) is 36.4 Å². The van der Waals surface area contributed by atoms with E-state index in [1.54, 1.807) is 6.07 Å². The van der Waals surface area contributed by atoms with Crippen LogP contribution in [0, 0.1) is 0 Å². The van der Waals surface area contributed by atoms with E-state index < -0.39 is 5.97 Å². The van der Waals surface area contributed by atoms with Gasteiger partial charge in [-0.3, -0.25) is 4.79 Å². The zero-order valence-electron chi connectivity index (χ0n) is 11.5. The quantitative estimate of drug-likeness (QED) is 0.885. The Morgan fingerprint density at radius 3 is 2.48 bits per heavy atom. The highest BCUT2D eigenvalue weighted by atomic mass is 16.4. The number of aromatic carboxylic acids is 1. The molecule has 2 aromatic rings. The molecule has 1 aromatic carbocycles. The SMILES string of the molecule is CC(=O)NCC=Cc1ccc(-c2ccc(C(=O)O)o2)cc1. The number of carbonyl (C=O) groups is 2. The topological polar surface area (TPSA) is 79.5 Å². The van der Waals surface area contributed by atoms with Crippen LogP contribution in [-0.2, 0) is 4.79 Å². The lowest BCUT2D eigenvalue weighted by atomic mass is 10.1. The van der Waals surface area contributed by atoms with Gasteiger partial charge in [0.2, 0.25) is 11.7 Å². The van der Waals surface area contributed by atoms with Gasteiger partial charge in [0.05, 0.1) is 0 Å². The first-order chi connectivity index (χ1) is 10.1. The van der Waals surface area contributed by atoms with Crippen molar-refractivity contribution in [3.8, 4) is 11.3 Å². The van der Waals surface area contributed by atoms with Gasteiger partial charge in [0.25, 0.3) is 0 Å². The predicted molar refractivity (Wildman–Crippen MR) is 78.8 cm³/mol. The standard InChI is InChI=1S/C16H15NO4/c1-11(18)17-10-2-3-12-4-6-13(7-5-12)14-8-9-15(21-14)16(19)20/h2-9H,10H2,1H3,(H,17,18)(H,19,20). The maximum atomic E-state index is 10.8. The Balaban J connectivity index is 2.04. The number of carboxylic acid groups (broad SMARTS) is 1. The molecule has 2 rings (SSSR count). The van der Waals surface area contributed by atoms with E-state index in [9.17, 15) is 9.59 Å². The van der Waals surface area contributed by atoms with E-state index in [2.05, 4.69) is 5.32 Å². The number of benzene rings is 1. The molecule has 0 fully saturated rings. The molecule has 0 bridgehead atoms. The van der Waals surface area contributed by atoms with E-state index in [0.717, 1.165) is 11.1 Å². The van der Waals surface area contributed by atoms with Crippen LogP contribution in [-0.4, -0.2) is 23.5 Å². The van der Waals surface area contributed by atoms with Crippen molar-refractivity contribution in [2.24, 2.45) is 0 Å². The number of amides is 1. The molecule has 2 N–H and O–H groups in total. The molecule has 5 heteroatoms. The van der Waals surface area contributed by atoms with Crippen molar-refractivity contribution in [3.63, 3.8) is 0 Å². The lowest BCUT2D eigenvalue weighted by molar-refractivity contribution is -0.118. The summed E-state index contributed by atoms with van der Waals surface area (Å²) in [6.07, 6.45) is 3.75. The van der Waals surface area contributed by atoms with E-state index in [4.69, 9.17) is 9.52 Å². The van der Waals surface area contributed by atoms with E-state index >= 15 is 0 Å². The second kappa shape index (κ2) is 6.56. The Morgan fingerprint density at radius 1 is 1.19 bits per heavy atom. The van der Waals surface area contributed by atoms with Gasteiger partial charge in [-0.25, -0.2) is 4.79 Å². The minimum atomic E-state index is -1.08. The van der Waals surface area contributed by atoms with Gasteiger partial charge in [-0.05, 0) is 17.7 Å². The summed E-state index contributed by atoms with van der Waals surface area (Å²) in [4.78, 5) is 21.5. The summed E-state index contributed by atoms with van der Waals surface area (Å²) in [7, 11) is 0. The molecule has 0 saturated heterocycles. The van der Waals surface area contributed by atoms with Crippen molar-refractivity contribution in [2.75, 3.05) is 6.54 Å². The highest BCUT2D eigenvalue weighted by Crippen LogP contribution is 2.22. The molecule has 0 spiro atoms.